The van der Waals surface area contributed by atoms with Gasteiger partial charge in [-0.1, -0.05) is 6.07 Å². The maximum atomic E-state index is 12.1. The van der Waals surface area contributed by atoms with E-state index in [1.165, 1.54) is 12.1 Å². The van der Waals surface area contributed by atoms with Gasteiger partial charge in [0.15, 0.2) is 0 Å². The third-order valence-corrected chi connectivity index (χ3v) is 3.28. The molecule has 1 unspecified atom stereocenters. The van der Waals surface area contributed by atoms with Gasteiger partial charge in [-0.15, -0.1) is 13.2 Å². The number of amides is 1. The highest BCUT2D eigenvalue weighted by atomic mass is 19.4. The van der Waals surface area contributed by atoms with Crippen molar-refractivity contribution in [2.75, 3.05) is 19.6 Å². The first-order chi connectivity index (χ1) is 9.94. The number of halogens is 3. The molecule has 1 heterocycles. The zero-order chi connectivity index (χ0) is 15.3. The van der Waals surface area contributed by atoms with E-state index in [9.17, 15) is 18.0 Å². The molecule has 2 rings (SSSR count). The first-order valence-electron chi connectivity index (χ1n) is 6.79. The Labute approximate surface area is 120 Å². The van der Waals surface area contributed by atoms with Gasteiger partial charge in [0.1, 0.15) is 5.75 Å². The van der Waals surface area contributed by atoms with Crippen LogP contribution in [-0.2, 0) is 0 Å². The highest BCUT2D eigenvalue weighted by molar-refractivity contribution is 5.94. The highest BCUT2D eigenvalue weighted by Gasteiger charge is 2.31. The van der Waals surface area contributed by atoms with Crippen molar-refractivity contribution in [2.24, 2.45) is 5.92 Å². The molecule has 0 aromatic heterocycles. The van der Waals surface area contributed by atoms with E-state index in [-0.39, 0.29) is 5.56 Å². The smallest absolute Gasteiger partial charge is 0.406 e. The van der Waals surface area contributed by atoms with Crippen LogP contribution in [0.1, 0.15) is 23.2 Å². The number of nitrogens with one attached hydrogen (secondary N) is 2. The fourth-order valence-corrected chi connectivity index (χ4v) is 2.27. The van der Waals surface area contributed by atoms with E-state index >= 15 is 0 Å². The molecule has 21 heavy (non-hydrogen) atoms. The molecule has 1 aromatic rings. The van der Waals surface area contributed by atoms with Crippen molar-refractivity contribution in [3.8, 4) is 5.75 Å². The summed E-state index contributed by atoms with van der Waals surface area (Å²) in [7, 11) is 0. The van der Waals surface area contributed by atoms with Crippen molar-refractivity contribution >= 4 is 5.91 Å². The van der Waals surface area contributed by atoms with E-state index in [0.717, 1.165) is 38.1 Å². The standard InChI is InChI=1S/C14H17F3N2O2/c15-14(16,17)21-12-5-1-4-11(7-12)13(20)19-9-10-3-2-6-18-8-10/h1,4-5,7,10,18H,2-3,6,8-9H2,(H,19,20). The van der Waals surface area contributed by atoms with Gasteiger partial charge in [-0.2, -0.15) is 0 Å². The third kappa shape index (κ3) is 5.26. The van der Waals surface area contributed by atoms with E-state index in [0.29, 0.717) is 12.5 Å². The molecule has 0 radical (unpaired) electrons. The second kappa shape index (κ2) is 6.80. The normalized spacial score (nSPS) is 19.1. The van der Waals surface area contributed by atoms with Gasteiger partial charge in [0, 0.05) is 12.1 Å². The van der Waals surface area contributed by atoms with Crippen LogP contribution in [-0.4, -0.2) is 31.9 Å². The summed E-state index contributed by atoms with van der Waals surface area (Å²) in [6, 6.07) is 5.06. The lowest BCUT2D eigenvalue weighted by Crippen LogP contribution is -2.38. The largest absolute Gasteiger partial charge is 0.573 e. The molecule has 2 N–H and O–H groups in total. The Kier molecular flexibility index (Phi) is 5.06. The summed E-state index contributed by atoms with van der Waals surface area (Å²) in [5, 5.41) is 5.98. The minimum Gasteiger partial charge on any atom is -0.406 e. The topological polar surface area (TPSA) is 50.4 Å². The molecule has 0 saturated carbocycles. The number of carbonyl (C=O) groups excluding carboxylic acids is 1. The van der Waals surface area contributed by atoms with E-state index in [4.69, 9.17) is 0 Å². The molecular formula is C14H17F3N2O2. The Morgan fingerprint density at radius 1 is 1.43 bits per heavy atom. The van der Waals surface area contributed by atoms with Crippen LogP contribution in [0, 0.1) is 5.92 Å². The van der Waals surface area contributed by atoms with Crippen LogP contribution in [0.2, 0.25) is 0 Å². The molecule has 116 valence electrons. The quantitative estimate of drug-likeness (QED) is 0.897. The van der Waals surface area contributed by atoms with E-state index in [2.05, 4.69) is 15.4 Å². The lowest BCUT2D eigenvalue weighted by molar-refractivity contribution is -0.274. The number of hydrogen-bond acceptors (Lipinski definition) is 3. The van der Waals surface area contributed by atoms with Crippen LogP contribution < -0.4 is 15.4 Å². The predicted molar refractivity (Wildman–Crippen MR) is 71.1 cm³/mol. The monoisotopic (exact) mass is 302 g/mol. The molecular weight excluding hydrogens is 285 g/mol. The summed E-state index contributed by atoms with van der Waals surface area (Å²) in [6.07, 6.45) is -2.66. The summed E-state index contributed by atoms with van der Waals surface area (Å²) >= 11 is 0. The van der Waals surface area contributed by atoms with Gasteiger partial charge in [-0.05, 0) is 50.0 Å². The van der Waals surface area contributed by atoms with Gasteiger partial charge < -0.3 is 15.4 Å². The Balaban J connectivity index is 1.91. The number of rotatable bonds is 4. The molecule has 4 nitrogen and oxygen atoms in total. The zero-order valence-corrected chi connectivity index (χ0v) is 11.4. The van der Waals surface area contributed by atoms with Crippen LogP contribution in [0.4, 0.5) is 13.2 Å². The molecule has 1 amide bonds. The second-order valence-corrected chi connectivity index (χ2v) is 5.00. The van der Waals surface area contributed by atoms with Crippen molar-refractivity contribution in [3.05, 3.63) is 29.8 Å². The first-order valence-corrected chi connectivity index (χ1v) is 6.79. The Hall–Kier alpha value is -1.76. The van der Waals surface area contributed by atoms with Crippen LogP contribution in [0.25, 0.3) is 0 Å². The summed E-state index contributed by atoms with van der Waals surface area (Å²) < 4.78 is 40.2. The second-order valence-electron chi connectivity index (χ2n) is 5.00. The maximum Gasteiger partial charge on any atom is 0.573 e. The molecule has 1 saturated heterocycles. The number of ether oxygens (including phenoxy) is 1. The maximum absolute atomic E-state index is 12.1. The van der Waals surface area contributed by atoms with Crippen LogP contribution in [0.5, 0.6) is 5.75 Å². The average Bonchev–Trinajstić information content (AvgIpc) is 2.44. The number of benzene rings is 1. The van der Waals surface area contributed by atoms with Crippen LogP contribution in [0.15, 0.2) is 24.3 Å². The first kappa shape index (κ1) is 15.6. The molecule has 1 atom stereocenters. The Bertz CT molecular complexity index is 485. The van der Waals surface area contributed by atoms with Gasteiger partial charge in [-0.25, -0.2) is 0 Å². The molecule has 0 aliphatic carbocycles. The summed E-state index contributed by atoms with van der Waals surface area (Å²) in [5.74, 6) is -0.431. The van der Waals surface area contributed by atoms with Gasteiger partial charge in [0.2, 0.25) is 0 Å². The van der Waals surface area contributed by atoms with Crippen LogP contribution in [0.3, 0.4) is 0 Å². The third-order valence-electron chi connectivity index (χ3n) is 3.28. The van der Waals surface area contributed by atoms with Crippen molar-refractivity contribution < 1.29 is 22.7 Å². The average molecular weight is 302 g/mol. The Morgan fingerprint density at radius 2 is 2.24 bits per heavy atom. The van der Waals surface area contributed by atoms with E-state index in [1.54, 1.807) is 0 Å². The number of piperidine rings is 1. The zero-order valence-electron chi connectivity index (χ0n) is 11.4. The van der Waals surface area contributed by atoms with Crippen molar-refractivity contribution in [1.29, 1.82) is 0 Å². The summed E-state index contributed by atoms with van der Waals surface area (Å²) in [6.45, 7) is 2.34. The van der Waals surface area contributed by atoms with Crippen molar-refractivity contribution in [3.63, 3.8) is 0 Å². The molecule has 1 aliphatic rings. The minimum atomic E-state index is -4.76. The highest BCUT2D eigenvalue weighted by Crippen LogP contribution is 2.23. The predicted octanol–water partition coefficient (Wildman–Crippen LogP) is 2.31. The summed E-state index contributed by atoms with van der Waals surface area (Å²) in [4.78, 5) is 11.9. The van der Waals surface area contributed by atoms with Crippen molar-refractivity contribution in [2.45, 2.75) is 19.2 Å². The fourth-order valence-electron chi connectivity index (χ4n) is 2.27. The lowest BCUT2D eigenvalue weighted by atomic mass is 9.99. The lowest BCUT2D eigenvalue weighted by Gasteiger charge is -2.22. The van der Waals surface area contributed by atoms with E-state index < -0.39 is 18.0 Å². The molecule has 1 aromatic carbocycles. The molecule has 0 bridgehead atoms. The molecule has 1 fully saturated rings. The number of alkyl halides is 3. The summed E-state index contributed by atoms with van der Waals surface area (Å²) in [5.41, 5.74) is 0.153. The van der Waals surface area contributed by atoms with Gasteiger partial charge in [0.25, 0.3) is 5.91 Å². The minimum absolute atomic E-state index is 0.153. The number of hydrogen-bond donors (Lipinski definition) is 2. The van der Waals surface area contributed by atoms with Crippen LogP contribution >= 0.6 is 0 Å². The SMILES string of the molecule is O=C(NCC1CCCNC1)c1cccc(OC(F)(F)F)c1. The van der Waals surface area contributed by atoms with Gasteiger partial charge >= 0.3 is 6.36 Å². The molecule has 0 spiro atoms. The Morgan fingerprint density at radius 3 is 2.90 bits per heavy atom. The van der Waals surface area contributed by atoms with Gasteiger partial charge in [0.05, 0.1) is 0 Å². The number of carbonyl (C=O) groups is 1. The molecule has 7 heteroatoms. The van der Waals surface area contributed by atoms with E-state index in [1.807, 2.05) is 0 Å². The fraction of sp³-hybridized carbons (Fsp3) is 0.500. The van der Waals surface area contributed by atoms with Gasteiger partial charge in [-0.3, -0.25) is 4.79 Å². The molecule has 1 aliphatic heterocycles. The van der Waals surface area contributed by atoms with Crippen molar-refractivity contribution in [1.82, 2.24) is 10.6 Å².